The zero-order valence-electron chi connectivity index (χ0n) is 6.28. The Balaban J connectivity index is 2.88. The molecule has 0 saturated heterocycles. The highest BCUT2D eigenvalue weighted by Gasteiger charge is 2.04. The van der Waals surface area contributed by atoms with Crippen molar-refractivity contribution in [2.45, 2.75) is 0 Å². The summed E-state index contributed by atoms with van der Waals surface area (Å²) in [6.07, 6.45) is 0. The van der Waals surface area contributed by atoms with Gasteiger partial charge in [0, 0.05) is 0 Å². The SMILES string of the molecule is ClCSNc1cc(Cl)c(Cl)cc1Cl. The molecule has 0 amide bonds. The molecule has 1 aromatic carbocycles. The molecule has 0 unspecified atom stereocenters. The fourth-order valence-corrected chi connectivity index (χ4v) is 1.90. The maximum absolute atomic E-state index is 5.88. The molecule has 0 saturated carbocycles. The molecule has 0 aliphatic carbocycles. The molecule has 1 rings (SSSR count). The van der Waals surface area contributed by atoms with E-state index in [0.29, 0.717) is 26.0 Å². The molecule has 0 aromatic heterocycles. The van der Waals surface area contributed by atoms with Crippen LogP contribution in [0.2, 0.25) is 15.1 Å². The van der Waals surface area contributed by atoms with Gasteiger partial charge in [0.1, 0.15) is 0 Å². The van der Waals surface area contributed by atoms with E-state index in [-0.39, 0.29) is 0 Å². The highest BCUT2D eigenvalue weighted by Crippen LogP contribution is 2.33. The maximum atomic E-state index is 5.88. The minimum atomic E-state index is 0.427. The van der Waals surface area contributed by atoms with Crippen molar-refractivity contribution in [3.63, 3.8) is 0 Å². The van der Waals surface area contributed by atoms with E-state index in [2.05, 4.69) is 4.72 Å². The molecule has 0 fully saturated rings. The summed E-state index contributed by atoms with van der Waals surface area (Å²) in [4.78, 5) is 0. The van der Waals surface area contributed by atoms with Crippen LogP contribution in [0.4, 0.5) is 5.69 Å². The second-order valence-electron chi connectivity index (χ2n) is 2.10. The zero-order valence-corrected chi connectivity index (χ0v) is 10.1. The predicted octanol–water partition coefficient (Wildman–Crippen LogP) is 4.90. The first-order valence-corrected chi connectivity index (χ1v) is 5.89. The van der Waals surface area contributed by atoms with Gasteiger partial charge in [-0.25, -0.2) is 0 Å². The minimum Gasteiger partial charge on any atom is -0.327 e. The van der Waals surface area contributed by atoms with E-state index in [0.717, 1.165) is 0 Å². The molecule has 0 heterocycles. The number of alkyl halides is 1. The summed E-state index contributed by atoms with van der Waals surface area (Å²) in [5.74, 6) is 0. The molecule has 13 heavy (non-hydrogen) atoms. The van der Waals surface area contributed by atoms with Gasteiger partial charge >= 0.3 is 0 Å². The van der Waals surface area contributed by atoms with Crippen LogP contribution in [0.5, 0.6) is 0 Å². The molecule has 72 valence electrons. The Morgan fingerprint density at radius 3 is 2.31 bits per heavy atom. The van der Waals surface area contributed by atoms with Crippen molar-refractivity contribution in [1.29, 1.82) is 0 Å². The van der Waals surface area contributed by atoms with Gasteiger partial charge in [-0.2, -0.15) is 0 Å². The van der Waals surface area contributed by atoms with Crippen molar-refractivity contribution in [2.75, 3.05) is 9.93 Å². The summed E-state index contributed by atoms with van der Waals surface area (Å²) in [5, 5.41) is 1.85. The number of hydrogen-bond donors (Lipinski definition) is 1. The van der Waals surface area contributed by atoms with E-state index < -0.39 is 0 Å². The molecular formula is C7H5Cl4NS. The average molecular weight is 277 g/mol. The van der Waals surface area contributed by atoms with Crippen LogP contribution in [-0.4, -0.2) is 5.21 Å². The van der Waals surface area contributed by atoms with Crippen molar-refractivity contribution in [3.05, 3.63) is 27.2 Å². The van der Waals surface area contributed by atoms with E-state index >= 15 is 0 Å². The topological polar surface area (TPSA) is 12.0 Å². The number of nitrogens with one attached hydrogen (secondary N) is 1. The molecule has 0 spiro atoms. The molecule has 0 aliphatic heterocycles. The Morgan fingerprint density at radius 1 is 1.08 bits per heavy atom. The molecule has 0 bridgehead atoms. The van der Waals surface area contributed by atoms with Gasteiger partial charge in [-0.1, -0.05) is 34.8 Å². The van der Waals surface area contributed by atoms with Crippen molar-refractivity contribution in [1.82, 2.24) is 0 Å². The van der Waals surface area contributed by atoms with Crippen molar-refractivity contribution in [2.24, 2.45) is 0 Å². The first kappa shape index (κ1) is 11.6. The summed E-state index contributed by atoms with van der Waals surface area (Å²) in [7, 11) is 0. The van der Waals surface area contributed by atoms with Gasteiger partial charge in [-0.15, -0.1) is 11.6 Å². The van der Waals surface area contributed by atoms with Crippen LogP contribution >= 0.6 is 58.4 Å². The van der Waals surface area contributed by atoms with Gasteiger partial charge in [0.15, 0.2) is 0 Å². The van der Waals surface area contributed by atoms with Crippen LogP contribution in [0, 0.1) is 0 Å². The van der Waals surface area contributed by atoms with Crippen molar-refractivity contribution < 1.29 is 0 Å². The lowest BCUT2D eigenvalue weighted by Gasteiger charge is -2.06. The molecule has 1 aromatic rings. The first-order chi connectivity index (χ1) is 6.15. The number of halogens is 4. The number of rotatable bonds is 3. The number of anilines is 1. The Labute approximate surface area is 101 Å². The maximum Gasteiger partial charge on any atom is 0.0878 e. The molecular weight excluding hydrogens is 272 g/mol. The monoisotopic (exact) mass is 275 g/mol. The van der Waals surface area contributed by atoms with Gasteiger partial charge < -0.3 is 4.72 Å². The van der Waals surface area contributed by atoms with Crippen molar-refractivity contribution >= 4 is 64.0 Å². The van der Waals surface area contributed by atoms with E-state index in [4.69, 9.17) is 46.4 Å². The summed E-state index contributed by atoms with van der Waals surface area (Å²) in [6, 6.07) is 3.24. The Bertz CT molecular complexity index is 305. The standard InChI is InChI=1S/C7H5Cl4NS/c8-3-13-12-7-2-5(10)4(9)1-6(7)11/h1-2,12H,3H2. The van der Waals surface area contributed by atoms with E-state index in [1.165, 1.54) is 11.9 Å². The third-order valence-electron chi connectivity index (χ3n) is 1.25. The normalized spacial score (nSPS) is 10.2. The molecule has 1 N–H and O–H groups in total. The Hall–Kier alpha value is 0.530. The van der Waals surface area contributed by atoms with E-state index in [1.807, 2.05) is 0 Å². The quantitative estimate of drug-likeness (QED) is 0.479. The Kier molecular flexibility index (Phi) is 4.84. The smallest absolute Gasteiger partial charge is 0.0878 e. The van der Waals surface area contributed by atoms with E-state index in [9.17, 15) is 0 Å². The van der Waals surface area contributed by atoms with Crippen LogP contribution in [0.25, 0.3) is 0 Å². The van der Waals surface area contributed by atoms with Crippen LogP contribution in [0.1, 0.15) is 0 Å². The fraction of sp³-hybridized carbons (Fsp3) is 0.143. The molecule has 6 heteroatoms. The van der Waals surface area contributed by atoms with E-state index in [1.54, 1.807) is 12.1 Å². The van der Waals surface area contributed by atoms with Crippen LogP contribution in [0.15, 0.2) is 12.1 Å². The molecule has 0 atom stereocenters. The lowest BCUT2D eigenvalue weighted by Crippen LogP contribution is -1.87. The second kappa shape index (κ2) is 5.42. The number of hydrogen-bond acceptors (Lipinski definition) is 2. The van der Waals surface area contributed by atoms with Crippen LogP contribution in [0.3, 0.4) is 0 Å². The number of benzene rings is 1. The van der Waals surface area contributed by atoms with Crippen LogP contribution in [-0.2, 0) is 0 Å². The third-order valence-corrected chi connectivity index (χ3v) is 3.08. The van der Waals surface area contributed by atoms with Gasteiger partial charge in [-0.3, -0.25) is 0 Å². The lowest BCUT2D eigenvalue weighted by molar-refractivity contribution is 1.67. The van der Waals surface area contributed by atoms with Gasteiger partial charge in [0.05, 0.1) is 26.0 Å². The zero-order chi connectivity index (χ0) is 9.84. The predicted molar refractivity (Wildman–Crippen MR) is 63.4 cm³/mol. The summed E-state index contributed by atoms with van der Waals surface area (Å²) in [5.41, 5.74) is 0.710. The summed E-state index contributed by atoms with van der Waals surface area (Å²) < 4.78 is 2.94. The lowest BCUT2D eigenvalue weighted by atomic mass is 10.3. The molecule has 0 aliphatic rings. The Morgan fingerprint density at radius 2 is 1.69 bits per heavy atom. The first-order valence-electron chi connectivity index (χ1n) is 3.23. The molecule has 0 radical (unpaired) electrons. The van der Waals surface area contributed by atoms with Crippen LogP contribution < -0.4 is 4.72 Å². The third kappa shape index (κ3) is 3.30. The van der Waals surface area contributed by atoms with Gasteiger partial charge in [-0.05, 0) is 24.1 Å². The second-order valence-corrected chi connectivity index (χ2v) is 4.69. The van der Waals surface area contributed by atoms with Gasteiger partial charge in [0.2, 0.25) is 0 Å². The average Bonchev–Trinajstić information content (AvgIpc) is 2.09. The van der Waals surface area contributed by atoms with Crippen molar-refractivity contribution in [3.8, 4) is 0 Å². The fourth-order valence-electron chi connectivity index (χ4n) is 0.706. The summed E-state index contributed by atoms with van der Waals surface area (Å²) >= 11 is 24.2. The largest absolute Gasteiger partial charge is 0.327 e. The van der Waals surface area contributed by atoms with Gasteiger partial charge in [0.25, 0.3) is 0 Å². The summed E-state index contributed by atoms with van der Waals surface area (Å²) in [6.45, 7) is 0. The highest BCUT2D eigenvalue weighted by atomic mass is 35.5. The minimum absolute atomic E-state index is 0.427. The molecule has 1 nitrogen and oxygen atoms in total. The highest BCUT2D eigenvalue weighted by molar-refractivity contribution is 8.01.